The van der Waals surface area contributed by atoms with Gasteiger partial charge in [0.25, 0.3) is 0 Å². The fraction of sp³-hybridized carbons (Fsp3) is 0.619. The zero-order valence-corrected chi connectivity index (χ0v) is 15.2. The Bertz CT molecular complexity index is 626. The molecular formula is C21H29NO3. The first-order valence-corrected chi connectivity index (χ1v) is 9.59. The third-order valence-electron chi connectivity index (χ3n) is 6.05. The monoisotopic (exact) mass is 343 g/mol. The van der Waals surface area contributed by atoms with E-state index in [-0.39, 0.29) is 23.7 Å². The van der Waals surface area contributed by atoms with Gasteiger partial charge >= 0.3 is 5.97 Å². The van der Waals surface area contributed by atoms with Gasteiger partial charge in [-0.3, -0.25) is 9.59 Å². The summed E-state index contributed by atoms with van der Waals surface area (Å²) in [6.45, 7) is 3.48. The molecule has 0 atom stereocenters. The predicted octanol–water partition coefficient (Wildman–Crippen LogP) is 3.91. The number of aryl methyl sites for hydroxylation is 1. The Balaban J connectivity index is 1.78. The Hall–Kier alpha value is -1.84. The largest absolute Gasteiger partial charge is 0.481 e. The fourth-order valence-corrected chi connectivity index (χ4v) is 4.61. The standard InChI is InChI=1S/C21H29NO3/c1-16-6-5-7-18(14-16)21(10-3-2-4-11-21)20(25)22-12-8-17(9-13-22)15-19(23)24/h5-7,14,17H,2-4,8-13,15H2,1H3,(H,23,24). The van der Waals surface area contributed by atoms with E-state index in [1.165, 1.54) is 17.5 Å². The van der Waals surface area contributed by atoms with Gasteiger partial charge in [-0.1, -0.05) is 49.1 Å². The molecule has 1 aromatic carbocycles. The van der Waals surface area contributed by atoms with Crippen LogP contribution in [-0.4, -0.2) is 35.0 Å². The van der Waals surface area contributed by atoms with Crippen LogP contribution < -0.4 is 0 Å². The van der Waals surface area contributed by atoms with Gasteiger partial charge in [0.2, 0.25) is 5.91 Å². The first kappa shape index (κ1) is 18.0. The molecule has 0 bridgehead atoms. The smallest absolute Gasteiger partial charge is 0.303 e. The summed E-state index contributed by atoms with van der Waals surface area (Å²) in [5.41, 5.74) is 2.00. The molecule has 0 spiro atoms. The lowest BCUT2D eigenvalue weighted by molar-refractivity contribution is -0.141. The van der Waals surface area contributed by atoms with E-state index in [0.29, 0.717) is 13.1 Å². The highest BCUT2D eigenvalue weighted by atomic mass is 16.4. The summed E-state index contributed by atoms with van der Waals surface area (Å²) < 4.78 is 0. The van der Waals surface area contributed by atoms with Crippen LogP contribution >= 0.6 is 0 Å². The van der Waals surface area contributed by atoms with Crippen molar-refractivity contribution in [3.8, 4) is 0 Å². The van der Waals surface area contributed by atoms with Crippen LogP contribution in [0.4, 0.5) is 0 Å². The number of carbonyl (C=O) groups is 2. The maximum absolute atomic E-state index is 13.5. The first-order valence-electron chi connectivity index (χ1n) is 9.59. The average Bonchev–Trinajstić information content (AvgIpc) is 2.62. The van der Waals surface area contributed by atoms with E-state index >= 15 is 0 Å². The summed E-state index contributed by atoms with van der Waals surface area (Å²) in [6, 6.07) is 8.45. The highest BCUT2D eigenvalue weighted by molar-refractivity contribution is 5.88. The summed E-state index contributed by atoms with van der Waals surface area (Å²) in [5.74, 6) is -0.248. The van der Waals surface area contributed by atoms with Crippen molar-refractivity contribution in [2.45, 2.75) is 63.7 Å². The molecule has 2 aliphatic rings. The molecule has 136 valence electrons. The molecule has 0 aromatic heterocycles. The quantitative estimate of drug-likeness (QED) is 0.902. The van der Waals surface area contributed by atoms with Crippen LogP contribution in [0.5, 0.6) is 0 Å². The Morgan fingerprint density at radius 1 is 1.16 bits per heavy atom. The van der Waals surface area contributed by atoms with Crippen molar-refractivity contribution >= 4 is 11.9 Å². The van der Waals surface area contributed by atoms with E-state index in [1.54, 1.807) is 0 Å². The maximum atomic E-state index is 13.5. The maximum Gasteiger partial charge on any atom is 0.303 e. The van der Waals surface area contributed by atoms with Crippen LogP contribution in [-0.2, 0) is 15.0 Å². The number of carbonyl (C=O) groups excluding carboxylic acids is 1. The van der Waals surface area contributed by atoms with E-state index < -0.39 is 5.97 Å². The van der Waals surface area contributed by atoms with Crippen molar-refractivity contribution in [2.24, 2.45) is 5.92 Å². The Kier molecular flexibility index (Phi) is 5.45. The van der Waals surface area contributed by atoms with Gasteiger partial charge in [-0.05, 0) is 44.1 Å². The zero-order chi connectivity index (χ0) is 17.9. The number of amides is 1. The SMILES string of the molecule is Cc1cccc(C2(C(=O)N3CCC(CC(=O)O)CC3)CCCCC2)c1. The van der Waals surface area contributed by atoms with Crippen molar-refractivity contribution in [1.29, 1.82) is 0 Å². The van der Waals surface area contributed by atoms with Gasteiger partial charge in [0.1, 0.15) is 0 Å². The minimum atomic E-state index is -0.728. The molecule has 4 heteroatoms. The molecule has 25 heavy (non-hydrogen) atoms. The molecule has 1 saturated heterocycles. The molecule has 0 unspecified atom stereocenters. The van der Waals surface area contributed by atoms with Gasteiger partial charge in [-0.2, -0.15) is 0 Å². The zero-order valence-electron chi connectivity index (χ0n) is 15.2. The van der Waals surface area contributed by atoms with E-state index in [9.17, 15) is 9.59 Å². The average molecular weight is 343 g/mol. The normalized spacial score (nSPS) is 21.1. The number of piperidine rings is 1. The summed E-state index contributed by atoms with van der Waals surface area (Å²) in [4.78, 5) is 26.4. The van der Waals surface area contributed by atoms with Crippen molar-refractivity contribution in [2.75, 3.05) is 13.1 Å². The van der Waals surface area contributed by atoms with Crippen LogP contribution in [0, 0.1) is 12.8 Å². The second-order valence-corrected chi connectivity index (χ2v) is 7.85. The predicted molar refractivity (Wildman–Crippen MR) is 97.5 cm³/mol. The number of hydrogen-bond donors (Lipinski definition) is 1. The first-order chi connectivity index (χ1) is 12.0. The van der Waals surface area contributed by atoms with Gasteiger partial charge in [0.05, 0.1) is 5.41 Å². The van der Waals surface area contributed by atoms with Crippen LogP contribution in [0.25, 0.3) is 0 Å². The minimum Gasteiger partial charge on any atom is -0.481 e. The molecule has 1 amide bonds. The lowest BCUT2D eigenvalue weighted by atomic mass is 9.68. The third kappa shape index (κ3) is 3.88. The summed E-state index contributed by atoms with van der Waals surface area (Å²) in [6.07, 6.45) is 7.13. The lowest BCUT2D eigenvalue weighted by Gasteiger charge is -2.42. The van der Waals surface area contributed by atoms with Crippen molar-refractivity contribution in [3.05, 3.63) is 35.4 Å². The van der Waals surface area contributed by atoms with E-state index in [0.717, 1.165) is 38.5 Å². The molecular weight excluding hydrogens is 314 g/mol. The molecule has 1 aromatic rings. The summed E-state index contributed by atoms with van der Waals surface area (Å²) in [5, 5.41) is 8.98. The number of aliphatic carboxylic acids is 1. The molecule has 1 aliphatic heterocycles. The number of nitrogens with zero attached hydrogens (tertiary/aromatic N) is 1. The van der Waals surface area contributed by atoms with Gasteiger partial charge in [0.15, 0.2) is 0 Å². The van der Waals surface area contributed by atoms with Crippen LogP contribution in [0.2, 0.25) is 0 Å². The number of carboxylic acids is 1. The van der Waals surface area contributed by atoms with Gasteiger partial charge in [-0.25, -0.2) is 0 Å². The highest BCUT2D eigenvalue weighted by Gasteiger charge is 2.44. The highest BCUT2D eigenvalue weighted by Crippen LogP contribution is 2.42. The Labute approximate surface area is 150 Å². The summed E-state index contributed by atoms with van der Waals surface area (Å²) >= 11 is 0. The number of hydrogen-bond acceptors (Lipinski definition) is 2. The van der Waals surface area contributed by atoms with E-state index in [4.69, 9.17) is 5.11 Å². The van der Waals surface area contributed by atoms with Gasteiger partial charge in [-0.15, -0.1) is 0 Å². The minimum absolute atomic E-state index is 0.211. The summed E-state index contributed by atoms with van der Waals surface area (Å²) in [7, 11) is 0. The number of rotatable bonds is 4. The molecule has 1 heterocycles. The molecule has 1 N–H and O–H groups in total. The third-order valence-corrected chi connectivity index (χ3v) is 6.05. The fourth-order valence-electron chi connectivity index (χ4n) is 4.61. The molecule has 3 rings (SSSR count). The van der Waals surface area contributed by atoms with Gasteiger partial charge < -0.3 is 10.0 Å². The molecule has 1 saturated carbocycles. The Morgan fingerprint density at radius 2 is 1.84 bits per heavy atom. The molecule has 0 radical (unpaired) electrons. The van der Waals surface area contributed by atoms with Crippen LogP contribution in [0.15, 0.2) is 24.3 Å². The van der Waals surface area contributed by atoms with Crippen molar-refractivity contribution in [3.63, 3.8) is 0 Å². The molecule has 2 fully saturated rings. The van der Waals surface area contributed by atoms with Crippen LogP contribution in [0.3, 0.4) is 0 Å². The topological polar surface area (TPSA) is 57.6 Å². The lowest BCUT2D eigenvalue weighted by Crippen LogP contribution is -2.50. The van der Waals surface area contributed by atoms with E-state index in [2.05, 4.69) is 31.2 Å². The number of likely N-dealkylation sites (tertiary alicyclic amines) is 1. The van der Waals surface area contributed by atoms with Gasteiger partial charge in [0, 0.05) is 19.5 Å². The Morgan fingerprint density at radius 3 is 2.44 bits per heavy atom. The van der Waals surface area contributed by atoms with Crippen molar-refractivity contribution in [1.82, 2.24) is 4.90 Å². The molecule has 4 nitrogen and oxygen atoms in total. The molecule has 1 aliphatic carbocycles. The number of benzene rings is 1. The van der Waals surface area contributed by atoms with Crippen LogP contribution in [0.1, 0.15) is 62.5 Å². The second kappa shape index (κ2) is 7.59. The van der Waals surface area contributed by atoms with Crippen molar-refractivity contribution < 1.29 is 14.7 Å². The number of carboxylic acid groups (broad SMARTS) is 1. The second-order valence-electron chi connectivity index (χ2n) is 7.85. The van der Waals surface area contributed by atoms with E-state index in [1.807, 2.05) is 4.90 Å².